The lowest BCUT2D eigenvalue weighted by Crippen LogP contribution is -2.36. The number of nitrogens with zero attached hydrogens (tertiary/aromatic N) is 3. The van der Waals surface area contributed by atoms with E-state index >= 15 is 0 Å². The molecule has 2 aromatic heterocycles. The number of hydrogen-bond donors (Lipinski definition) is 3. The molecule has 34 heavy (non-hydrogen) atoms. The molecule has 3 N–H and O–H groups in total. The zero-order chi connectivity index (χ0) is 24.1. The number of rotatable bonds is 7. The number of benzene rings is 1. The van der Waals surface area contributed by atoms with Crippen molar-refractivity contribution in [2.45, 2.75) is 12.8 Å². The molecule has 4 rings (SSSR count). The average molecular weight is 484 g/mol. The van der Waals surface area contributed by atoms with E-state index in [-0.39, 0.29) is 11.3 Å². The van der Waals surface area contributed by atoms with Crippen LogP contribution in [0.1, 0.15) is 33.7 Å². The Bertz CT molecular complexity index is 1180. The standard InChI is InChI=1S/C24H23ClFN5O3/c25-16-1-4-22(29-14-16)30-23(32)19-11-17(26)2-3-20(19)28-13-15-6-9-31(10-7-15)18-5-8-27-21(12-18)24(33)34/h1-5,8,11-12,14-15,28H,6-7,9-10,13H2,(H,33,34)(H,29,30,32). The number of nitrogens with one attached hydrogen (secondary N) is 2. The van der Waals surface area contributed by atoms with Crippen LogP contribution in [0.15, 0.2) is 54.9 Å². The number of hydrogen-bond acceptors (Lipinski definition) is 6. The number of anilines is 3. The van der Waals surface area contributed by atoms with E-state index in [0.29, 0.717) is 29.0 Å². The van der Waals surface area contributed by atoms with Gasteiger partial charge in [-0.3, -0.25) is 4.79 Å². The lowest BCUT2D eigenvalue weighted by atomic mass is 9.96. The van der Waals surface area contributed by atoms with Gasteiger partial charge in [-0.2, -0.15) is 0 Å². The van der Waals surface area contributed by atoms with E-state index in [4.69, 9.17) is 16.7 Å². The molecule has 1 aliphatic heterocycles. The first kappa shape index (κ1) is 23.4. The van der Waals surface area contributed by atoms with Gasteiger partial charge in [0.15, 0.2) is 0 Å². The maximum absolute atomic E-state index is 13.9. The second-order valence-corrected chi connectivity index (χ2v) is 8.46. The molecule has 0 saturated carbocycles. The quantitative estimate of drug-likeness (QED) is 0.452. The summed E-state index contributed by atoms with van der Waals surface area (Å²) in [7, 11) is 0. The molecular formula is C24H23ClFN5O3. The molecule has 0 aliphatic carbocycles. The number of piperidine rings is 1. The van der Waals surface area contributed by atoms with E-state index in [2.05, 4.69) is 25.5 Å². The number of carboxylic acids is 1. The SMILES string of the molecule is O=C(O)c1cc(N2CCC(CNc3ccc(F)cc3C(=O)Nc3ccc(Cl)cn3)CC2)ccn1. The van der Waals surface area contributed by atoms with Gasteiger partial charge in [0, 0.05) is 43.4 Å². The molecule has 0 bridgehead atoms. The van der Waals surface area contributed by atoms with Crippen LogP contribution in [0.2, 0.25) is 5.02 Å². The topological polar surface area (TPSA) is 107 Å². The lowest BCUT2D eigenvalue weighted by molar-refractivity contribution is 0.0690. The highest BCUT2D eigenvalue weighted by atomic mass is 35.5. The van der Waals surface area contributed by atoms with Gasteiger partial charge in [-0.25, -0.2) is 19.2 Å². The highest BCUT2D eigenvalue weighted by Gasteiger charge is 2.21. The van der Waals surface area contributed by atoms with Crippen molar-refractivity contribution >= 4 is 40.7 Å². The molecule has 1 amide bonds. The van der Waals surface area contributed by atoms with Gasteiger partial charge >= 0.3 is 5.97 Å². The zero-order valence-corrected chi connectivity index (χ0v) is 18.9. The van der Waals surface area contributed by atoms with Crippen molar-refractivity contribution in [1.82, 2.24) is 9.97 Å². The molecule has 1 aromatic carbocycles. The minimum Gasteiger partial charge on any atom is -0.477 e. The molecule has 0 radical (unpaired) electrons. The average Bonchev–Trinajstić information content (AvgIpc) is 2.85. The molecule has 1 aliphatic rings. The summed E-state index contributed by atoms with van der Waals surface area (Å²) in [5.41, 5.74) is 1.59. The first-order valence-electron chi connectivity index (χ1n) is 10.8. The second kappa shape index (κ2) is 10.5. The van der Waals surface area contributed by atoms with Gasteiger partial charge < -0.3 is 20.6 Å². The Morgan fingerprint density at radius 2 is 1.91 bits per heavy atom. The second-order valence-electron chi connectivity index (χ2n) is 8.02. The van der Waals surface area contributed by atoms with Crippen LogP contribution in [0.3, 0.4) is 0 Å². The Labute approximate surface area is 200 Å². The third-order valence-corrected chi connectivity index (χ3v) is 5.94. The van der Waals surface area contributed by atoms with Gasteiger partial charge in [-0.05, 0) is 61.2 Å². The Hall–Kier alpha value is -3.72. The minimum absolute atomic E-state index is 0.0252. The maximum Gasteiger partial charge on any atom is 0.354 e. The Balaban J connectivity index is 1.36. The summed E-state index contributed by atoms with van der Waals surface area (Å²) in [6.07, 6.45) is 4.69. The van der Waals surface area contributed by atoms with Crippen LogP contribution >= 0.6 is 11.6 Å². The zero-order valence-electron chi connectivity index (χ0n) is 18.2. The van der Waals surface area contributed by atoms with Gasteiger partial charge in [0.05, 0.1) is 10.6 Å². The smallest absolute Gasteiger partial charge is 0.354 e. The third-order valence-electron chi connectivity index (χ3n) is 5.72. The van der Waals surface area contributed by atoms with Crippen molar-refractivity contribution in [2.24, 2.45) is 5.92 Å². The normalized spacial score (nSPS) is 14.0. The van der Waals surface area contributed by atoms with E-state index < -0.39 is 17.7 Å². The highest BCUT2D eigenvalue weighted by Crippen LogP contribution is 2.25. The molecule has 1 saturated heterocycles. The minimum atomic E-state index is -1.05. The molecule has 1 fully saturated rings. The first-order chi connectivity index (χ1) is 16.4. The Morgan fingerprint density at radius 3 is 2.62 bits per heavy atom. The van der Waals surface area contributed by atoms with E-state index in [1.807, 2.05) is 6.07 Å². The molecule has 0 unspecified atom stereocenters. The van der Waals surface area contributed by atoms with Gasteiger partial charge in [-0.15, -0.1) is 0 Å². The van der Waals surface area contributed by atoms with Crippen LogP contribution in [0, 0.1) is 11.7 Å². The third kappa shape index (κ3) is 5.79. The van der Waals surface area contributed by atoms with Crippen molar-refractivity contribution < 1.29 is 19.1 Å². The van der Waals surface area contributed by atoms with Crippen molar-refractivity contribution in [3.8, 4) is 0 Å². The molecule has 8 nitrogen and oxygen atoms in total. The van der Waals surface area contributed by atoms with Crippen molar-refractivity contribution in [1.29, 1.82) is 0 Å². The Morgan fingerprint density at radius 1 is 1.12 bits per heavy atom. The predicted molar refractivity (Wildman–Crippen MR) is 128 cm³/mol. The van der Waals surface area contributed by atoms with Gasteiger partial charge in [0.2, 0.25) is 0 Å². The molecular weight excluding hydrogens is 461 g/mol. The summed E-state index contributed by atoms with van der Waals surface area (Å²) in [6, 6.07) is 10.6. The summed E-state index contributed by atoms with van der Waals surface area (Å²) < 4.78 is 13.9. The molecule has 3 aromatic rings. The summed E-state index contributed by atoms with van der Waals surface area (Å²) in [5.74, 6) is -1.37. The fraction of sp³-hybridized carbons (Fsp3) is 0.250. The van der Waals surface area contributed by atoms with Gasteiger partial charge in [0.25, 0.3) is 5.91 Å². The fourth-order valence-corrected chi connectivity index (χ4v) is 3.99. The van der Waals surface area contributed by atoms with E-state index in [1.165, 1.54) is 24.5 Å². The summed E-state index contributed by atoms with van der Waals surface area (Å²) in [6.45, 7) is 2.17. The predicted octanol–water partition coefficient (Wildman–Crippen LogP) is 4.55. The van der Waals surface area contributed by atoms with Crippen LogP contribution in [0.5, 0.6) is 0 Å². The van der Waals surface area contributed by atoms with E-state index in [0.717, 1.165) is 31.6 Å². The number of aromatic nitrogens is 2. The maximum atomic E-state index is 13.9. The summed E-state index contributed by atoms with van der Waals surface area (Å²) in [5, 5.41) is 15.5. The van der Waals surface area contributed by atoms with Crippen molar-refractivity contribution in [3.63, 3.8) is 0 Å². The number of amides is 1. The van der Waals surface area contributed by atoms with Crippen LogP contribution in [-0.2, 0) is 0 Å². The Kier molecular flexibility index (Phi) is 7.22. The number of carboxylic acid groups (broad SMARTS) is 1. The van der Waals surface area contributed by atoms with E-state index in [1.54, 1.807) is 24.3 Å². The van der Waals surface area contributed by atoms with Crippen molar-refractivity contribution in [3.05, 3.63) is 77.0 Å². The van der Waals surface area contributed by atoms with Crippen molar-refractivity contribution in [2.75, 3.05) is 35.2 Å². The molecule has 10 heteroatoms. The van der Waals surface area contributed by atoms with Crippen LogP contribution < -0.4 is 15.5 Å². The summed E-state index contributed by atoms with van der Waals surface area (Å²) in [4.78, 5) is 34.0. The molecule has 0 atom stereocenters. The number of carbonyl (C=O) groups excluding carboxylic acids is 1. The van der Waals surface area contributed by atoms with Gasteiger partial charge in [-0.1, -0.05) is 11.6 Å². The van der Waals surface area contributed by atoms with Gasteiger partial charge in [0.1, 0.15) is 17.3 Å². The highest BCUT2D eigenvalue weighted by molar-refractivity contribution is 6.30. The number of halogens is 2. The molecule has 3 heterocycles. The first-order valence-corrected chi connectivity index (χ1v) is 11.2. The summed E-state index contributed by atoms with van der Waals surface area (Å²) >= 11 is 5.83. The van der Waals surface area contributed by atoms with Crippen LogP contribution in [-0.4, -0.2) is 46.6 Å². The fourth-order valence-electron chi connectivity index (χ4n) is 3.87. The lowest BCUT2D eigenvalue weighted by Gasteiger charge is -2.34. The largest absolute Gasteiger partial charge is 0.477 e. The monoisotopic (exact) mass is 483 g/mol. The van der Waals surface area contributed by atoms with E-state index in [9.17, 15) is 14.0 Å². The molecule has 0 spiro atoms. The molecule has 176 valence electrons. The number of pyridine rings is 2. The van der Waals surface area contributed by atoms with Crippen LogP contribution in [0.4, 0.5) is 21.6 Å². The number of carbonyl (C=O) groups is 2. The van der Waals surface area contributed by atoms with Crippen LogP contribution in [0.25, 0.3) is 0 Å². The number of aromatic carboxylic acids is 1.